The third kappa shape index (κ3) is 2.75. The van der Waals surface area contributed by atoms with Crippen molar-refractivity contribution in [2.45, 2.75) is 39.2 Å². The monoisotopic (exact) mass is 276 g/mol. The van der Waals surface area contributed by atoms with Gasteiger partial charge in [-0.2, -0.15) is 0 Å². The maximum absolute atomic E-state index is 12.0. The Bertz CT molecular complexity index is 525. The fourth-order valence-electron chi connectivity index (χ4n) is 2.57. The number of carbonyl (C=O) groups excluding carboxylic acids is 2. The first-order valence-electron chi connectivity index (χ1n) is 6.87. The number of allylic oxidation sites excluding steroid dienone is 2. The summed E-state index contributed by atoms with van der Waals surface area (Å²) in [6.07, 6.45) is 2.95. The van der Waals surface area contributed by atoms with Crippen molar-refractivity contribution >= 4 is 11.8 Å². The SMILES string of the molecule is C=C1CCC2=C(CO)C(=O)O[C@H]2/C=C(\C)[C@H](C)CC1=O. The van der Waals surface area contributed by atoms with Gasteiger partial charge in [-0.25, -0.2) is 4.79 Å². The van der Waals surface area contributed by atoms with Crippen LogP contribution in [0.2, 0.25) is 0 Å². The lowest BCUT2D eigenvalue weighted by atomic mass is 9.87. The minimum absolute atomic E-state index is 0.0695. The summed E-state index contributed by atoms with van der Waals surface area (Å²) in [5, 5.41) is 9.33. The van der Waals surface area contributed by atoms with Gasteiger partial charge in [0.2, 0.25) is 0 Å². The molecular weight excluding hydrogens is 256 g/mol. The number of carbonyl (C=O) groups is 2. The number of Topliss-reactive ketones (excluding diaryl/α,β-unsaturated/α-hetero) is 1. The summed E-state index contributed by atoms with van der Waals surface area (Å²) >= 11 is 0. The van der Waals surface area contributed by atoms with Crippen molar-refractivity contribution in [1.82, 2.24) is 0 Å². The Hall–Kier alpha value is -1.68. The second-order valence-electron chi connectivity index (χ2n) is 5.53. The highest BCUT2D eigenvalue weighted by Gasteiger charge is 2.33. The predicted octanol–water partition coefficient (Wildman–Crippen LogP) is 2.09. The molecule has 1 N–H and O–H groups in total. The highest BCUT2D eigenvalue weighted by atomic mass is 16.5. The van der Waals surface area contributed by atoms with Crippen LogP contribution in [0.5, 0.6) is 0 Å². The van der Waals surface area contributed by atoms with Gasteiger partial charge in [0, 0.05) is 6.42 Å². The third-order valence-corrected chi connectivity index (χ3v) is 4.14. The van der Waals surface area contributed by atoms with Gasteiger partial charge in [0.15, 0.2) is 5.78 Å². The lowest BCUT2D eigenvalue weighted by Crippen LogP contribution is -2.15. The molecule has 0 unspecified atom stereocenters. The summed E-state index contributed by atoms with van der Waals surface area (Å²) in [4.78, 5) is 23.7. The molecule has 0 bridgehead atoms. The Morgan fingerprint density at radius 3 is 2.75 bits per heavy atom. The van der Waals surface area contributed by atoms with Crippen LogP contribution in [0.4, 0.5) is 0 Å². The summed E-state index contributed by atoms with van der Waals surface area (Å²) in [5.41, 5.74) is 2.70. The largest absolute Gasteiger partial charge is 0.450 e. The normalized spacial score (nSPS) is 30.8. The van der Waals surface area contributed by atoms with E-state index in [0.717, 1.165) is 11.1 Å². The Kier molecular flexibility index (Phi) is 4.23. The zero-order chi connectivity index (χ0) is 14.9. The topological polar surface area (TPSA) is 63.6 Å². The highest BCUT2D eigenvalue weighted by molar-refractivity contribution is 5.95. The number of ether oxygens (including phenoxy) is 1. The van der Waals surface area contributed by atoms with Gasteiger partial charge >= 0.3 is 5.97 Å². The first-order chi connectivity index (χ1) is 9.43. The standard InChI is InChI=1S/C16H20O4/c1-9-4-5-12-13(8-17)16(19)20-15(12)7-11(3)10(2)6-14(9)18/h7,10,15,17H,1,4-6,8H2,2-3H3/b11-7+/t10-,15+/m1/s1. The molecule has 0 radical (unpaired) electrons. The van der Waals surface area contributed by atoms with Gasteiger partial charge in [0.25, 0.3) is 0 Å². The Labute approximate surface area is 118 Å². The van der Waals surface area contributed by atoms with Crippen molar-refractivity contribution in [2.24, 2.45) is 5.92 Å². The van der Waals surface area contributed by atoms with Gasteiger partial charge in [0.05, 0.1) is 12.2 Å². The van der Waals surface area contributed by atoms with Crippen LogP contribution in [-0.2, 0) is 14.3 Å². The minimum Gasteiger partial charge on any atom is -0.450 e. The lowest BCUT2D eigenvalue weighted by Gasteiger charge is -2.19. The fraction of sp³-hybridized carbons (Fsp3) is 0.500. The quantitative estimate of drug-likeness (QED) is 0.452. The number of fused-ring (bicyclic) bond motifs is 1. The Morgan fingerprint density at radius 2 is 2.10 bits per heavy atom. The summed E-state index contributed by atoms with van der Waals surface area (Å²) in [6.45, 7) is 7.42. The summed E-state index contributed by atoms with van der Waals surface area (Å²) in [5.74, 6) is -0.295. The average molecular weight is 276 g/mol. The molecule has 2 rings (SSSR count). The smallest absolute Gasteiger partial charge is 0.337 e. The molecule has 1 aliphatic heterocycles. The number of esters is 1. The third-order valence-electron chi connectivity index (χ3n) is 4.14. The minimum atomic E-state index is -0.458. The predicted molar refractivity (Wildman–Crippen MR) is 74.9 cm³/mol. The van der Waals surface area contributed by atoms with Gasteiger partial charge in [-0.3, -0.25) is 4.79 Å². The van der Waals surface area contributed by atoms with Gasteiger partial charge < -0.3 is 9.84 Å². The van der Waals surface area contributed by atoms with Gasteiger partial charge in [-0.1, -0.05) is 19.1 Å². The van der Waals surface area contributed by atoms with E-state index in [1.54, 1.807) is 0 Å². The molecule has 2 atom stereocenters. The molecule has 2 aliphatic rings. The molecule has 0 saturated carbocycles. The summed E-state index contributed by atoms with van der Waals surface area (Å²) in [6, 6.07) is 0. The maximum Gasteiger partial charge on any atom is 0.337 e. The van der Waals surface area contributed by atoms with E-state index in [1.165, 1.54) is 0 Å². The molecule has 0 amide bonds. The molecule has 0 aromatic rings. The van der Waals surface area contributed by atoms with Crippen molar-refractivity contribution in [3.8, 4) is 0 Å². The first kappa shape index (κ1) is 14.7. The Morgan fingerprint density at radius 1 is 1.40 bits per heavy atom. The first-order valence-corrected chi connectivity index (χ1v) is 6.87. The number of hydrogen-bond acceptors (Lipinski definition) is 4. The molecule has 0 aromatic heterocycles. The van der Waals surface area contributed by atoms with Gasteiger partial charge in [-0.05, 0) is 42.9 Å². The number of aliphatic hydroxyl groups excluding tert-OH is 1. The Balaban J connectivity index is 2.41. The van der Waals surface area contributed by atoms with Crippen molar-refractivity contribution in [2.75, 3.05) is 6.61 Å². The molecular formula is C16H20O4. The van der Waals surface area contributed by atoms with Crippen LogP contribution in [0.15, 0.2) is 34.9 Å². The molecule has 1 aliphatic carbocycles. The summed E-state index contributed by atoms with van der Waals surface area (Å²) in [7, 11) is 0. The van der Waals surface area contributed by atoms with Crippen LogP contribution in [0.1, 0.15) is 33.1 Å². The fourth-order valence-corrected chi connectivity index (χ4v) is 2.57. The molecule has 0 fully saturated rings. The van der Waals surface area contributed by atoms with E-state index in [9.17, 15) is 14.7 Å². The van der Waals surface area contributed by atoms with E-state index in [1.807, 2.05) is 19.9 Å². The van der Waals surface area contributed by atoms with Crippen LogP contribution < -0.4 is 0 Å². The molecule has 20 heavy (non-hydrogen) atoms. The molecule has 0 aromatic carbocycles. The zero-order valence-electron chi connectivity index (χ0n) is 11.9. The molecule has 0 saturated heterocycles. The maximum atomic E-state index is 12.0. The number of aliphatic hydroxyl groups is 1. The van der Waals surface area contributed by atoms with Gasteiger partial charge in [0.1, 0.15) is 6.10 Å². The van der Waals surface area contributed by atoms with Gasteiger partial charge in [-0.15, -0.1) is 0 Å². The molecule has 4 nitrogen and oxygen atoms in total. The van der Waals surface area contributed by atoms with Crippen LogP contribution in [0, 0.1) is 5.92 Å². The van der Waals surface area contributed by atoms with Crippen LogP contribution in [-0.4, -0.2) is 29.6 Å². The van der Waals surface area contributed by atoms with Crippen LogP contribution >= 0.6 is 0 Å². The van der Waals surface area contributed by atoms with Crippen LogP contribution in [0.25, 0.3) is 0 Å². The van der Waals surface area contributed by atoms with E-state index in [0.29, 0.717) is 30.4 Å². The van der Waals surface area contributed by atoms with E-state index in [2.05, 4.69) is 6.58 Å². The van der Waals surface area contributed by atoms with Crippen LogP contribution in [0.3, 0.4) is 0 Å². The molecule has 1 heterocycles. The van der Waals surface area contributed by atoms with E-state index in [4.69, 9.17) is 4.74 Å². The second-order valence-corrected chi connectivity index (χ2v) is 5.53. The van der Waals surface area contributed by atoms with Crippen molar-refractivity contribution < 1.29 is 19.4 Å². The van der Waals surface area contributed by atoms with Crippen molar-refractivity contribution in [1.29, 1.82) is 0 Å². The number of hydrogen-bond donors (Lipinski definition) is 1. The van der Waals surface area contributed by atoms with E-state index < -0.39 is 12.1 Å². The van der Waals surface area contributed by atoms with E-state index in [-0.39, 0.29) is 18.3 Å². The average Bonchev–Trinajstić information content (AvgIpc) is 2.69. The van der Waals surface area contributed by atoms with Crippen molar-refractivity contribution in [3.63, 3.8) is 0 Å². The molecule has 4 heteroatoms. The lowest BCUT2D eigenvalue weighted by molar-refractivity contribution is -0.138. The highest BCUT2D eigenvalue weighted by Crippen LogP contribution is 2.32. The van der Waals surface area contributed by atoms with Crippen molar-refractivity contribution in [3.05, 3.63) is 34.9 Å². The van der Waals surface area contributed by atoms with E-state index >= 15 is 0 Å². The second kappa shape index (κ2) is 5.75. The molecule has 108 valence electrons. The summed E-state index contributed by atoms with van der Waals surface area (Å²) < 4.78 is 5.32. The number of ketones is 1. The number of rotatable bonds is 1. The zero-order valence-corrected chi connectivity index (χ0v) is 11.9. The molecule has 0 spiro atoms.